The van der Waals surface area contributed by atoms with Crippen LogP contribution < -0.4 is 10.6 Å². The van der Waals surface area contributed by atoms with Crippen molar-refractivity contribution in [2.75, 3.05) is 5.32 Å². The maximum absolute atomic E-state index is 13.0. The van der Waals surface area contributed by atoms with Gasteiger partial charge in [0.05, 0.1) is 0 Å². The number of hydrogen-bond acceptors (Lipinski definition) is 3. The van der Waals surface area contributed by atoms with Gasteiger partial charge in [-0.25, -0.2) is 9.18 Å². The molecular formula is C12H12ClFN2O4. The molecule has 0 fully saturated rings. The molecule has 0 saturated heterocycles. The summed E-state index contributed by atoms with van der Waals surface area (Å²) in [5, 5.41) is 12.7. The normalized spacial score (nSPS) is 9.90. The Morgan fingerprint density at radius 1 is 1.20 bits per heavy atom. The monoisotopic (exact) mass is 302 g/mol. The number of urea groups is 1. The van der Waals surface area contributed by atoms with Crippen molar-refractivity contribution in [3.05, 3.63) is 29.0 Å². The molecule has 0 heterocycles. The largest absolute Gasteiger partial charge is 0.481 e. The van der Waals surface area contributed by atoms with E-state index in [1.807, 2.05) is 5.32 Å². The van der Waals surface area contributed by atoms with Gasteiger partial charge >= 0.3 is 12.0 Å². The number of amides is 3. The zero-order valence-electron chi connectivity index (χ0n) is 10.3. The Morgan fingerprint density at radius 2 is 1.90 bits per heavy atom. The van der Waals surface area contributed by atoms with Crippen LogP contribution in [0.25, 0.3) is 0 Å². The summed E-state index contributed by atoms with van der Waals surface area (Å²) in [6, 6.07) is 2.59. The summed E-state index contributed by atoms with van der Waals surface area (Å²) in [5.74, 6) is -2.26. The summed E-state index contributed by atoms with van der Waals surface area (Å²) >= 11 is 5.60. The second-order valence-corrected chi connectivity index (χ2v) is 4.34. The first-order chi connectivity index (χ1) is 9.36. The Kier molecular flexibility index (Phi) is 5.92. The standard InChI is InChI=1S/C12H12ClFN2O4/c13-7-4-8(14)6-9(5-7)15-12(20)16-10(17)2-1-3-11(18)19/h4-6H,1-3H2,(H,18,19)(H2,15,16,17,20). The third-order valence-corrected chi connectivity index (χ3v) is 2.39. The molecule has 1 rings (SSSR count). The van der Waals surface area contributed by atoms with Crippen LogP contribution in [0.4, 0.5) is 14.9 Å². The number of carbonyl (C=O) groups is 3. The molecular weight excluding hydrogens is 291 g/mol. The van der Waals surface area contributed by atoms with E-state index in [0.717, 1.165) is 12.1 Å². The minimum atomic E-state index is -1.02. The molecule has 6 nitrogen and oxygen atoms in total. The molecule has 1 aromatic carbocycles. The fourth-order valence-electron chi connectivity index (χ4n) is 1.38. The SMILES string of the molecule is O=C(O)CCCC(=O)NC(=O)Nc1cc(F)cc(Cl)c1. The highest BCUT2D eigenvalue weighted by molar-refractivity contribution is 6.30. The number of imide groups is 1. The fourth-order valence-corrected chi connectivity index (χ4v) is 1.60. The smallest absolute Gasteiger partial charge is 0.325 e. The topological polar surface area (TPSA) is 95.5 Å². The van der Waals surface area contributed by atoms with Crippen molar-refractivity contribution in [3.8, 4) is 0 Å². The molecule has 0 atom stereocenters. The molecule has 1 aromatic rings. The first-order valence-corrected chi connectivity index (χ1v) is 6.03. The molecule has 3 amide bonds. The average molecular weight is 303 g/mol. The van der Waals surface area contributed by atoms with E-state index in [9.17, 15) is 18.8 Å². The summed E-state index contributed by atoms with van der Waals surface area (Å²) in [7, 11) is 0. The average Bonchev–Trinajstić information content (AvgIpc) is 2.25. The lowest BCUT2D eigenvalue weighted by molar-refractivity contribution is -0.137. The van der Waals surface area contributed by atoms with Crippen LogP contribution in [0, 0.1) is 5.82 Å². The maximum atomic E-state index is 13.0. The molecule has 0 spiro atoms. The van der Waals surface area contributed by atoms with Crippen molar-refractivity contribution in [3.63, 3.8) is 0 Å². The number of rotatable bonds is 5. The van der Waals surface area contributed by atoms with E-state index in [1.54, 1.807) is 0 Å². The number of carboxylic acids is 1. The summed E-state index contributed by atoms with van der Waals surface area (Å²) < 4.78 is 13.0. The van der Waals surface area contributed by atoms with E-state index in [1.165, 1.54) is 6.07 Å². The van der Waals surface area contributed by atoms with Crippen molar-refractivity contribution in [1.29, 1.82) is 0 Å². The first kappa shape index (κ1) is 15.9. The zero-order chi connectivity index (χ0) is 15.1. The number of hydrogen-bond donors (Lipinski definition) is 3. The van der Waals surface area contributed by atoms with Gasteiger partial charge in [-0.3, -0.25) is 14.9 Å². The number of anilines is 1. The van der Waals surface area contributed by atoms with Gasteiger partial charge in [-0.05, 0) is 24.6 Å². The van der Waals surface area contributed by atoms with Crippen LogP contribution in [0.1, 0.15) is 19.3 Å². The predicted molar refractivity (Wildman–Crippen MR) is 70.1 cm³/mol. The number of nitrogens with one attached hydrogen (secondary N) is 2. The van der Waals surface area contributed by atoms with Crippen molar-refractivity contribution in [2.45, 2.75) is 19.3 Å². The van der Waals surface area contributed by atoms with Crippen molar-refractivity contribution in [1.82, 2.24) is 5.32 Å². The lowest BCUT2D eigenvalue weighted by Gasteiger charge is -2.07. The van der Waals surface area contributed by atoms with Crippen LogP contribution in [-0.4, -0.2) is 23.0 Å². The van der Waals surface area contributed by atoms with Gasteiger partial charge in [-0.15, -0.1) is 0 Å². The molecule has 3 N–H and O–H groups in total. The minimum absolute atomic E-state index is 0.0936. The Hall–Kier alpha value is -2.15. The van der Waals surface area contributed by atoms with Gasteiger partial charge in [-0.1, -0.05) is 11.6 Å². The second-order valence-electron chi connectivity index (χ2n) is 3.91. The van der Waals surface area contributed by atoms with Crippen LogP contribution in [-0.2, 0) is 9.59 Å². The molecule has 0 bridgehead atoms. The van der Waals surface area contributed by atoms with E-state index >= 15 is 0 Å². The third kappa shape index (κ3) is 6.14. The number of benzene rings is 1. The van der Waals surface area contributed by atoms with Gasteiger partial charge < -0.3 is 10.4 Å². The lowest BCUT2D eigenvalue weighted by atomic mass is 10.2. The minimum Gasteiger partial charge on any atom is -0.481 e. The third-order valence-electron chi connectivity index (χ3n) is 2.17. The van der Waals surface area contributed by atoms with E-state index in [-0.39, 0.29) is 30.0 Å². The van der Waals surface area contributed by atoms with E-state index < -0.39 is 23.7 Å². The highest BCUT2D eigenvalue weighted by atomic mass is 35.5. The molecule has 20 heavy (non-hydrogen) atoms. The molecule has 0 aliphatic rings. The highest BCUT2D eigenvalue weighted by Crippen LogP contribution is 2.17. The van der Waals surface area contributed by atoms with Gasteiger partial charge in [0.2, 0.25) is 5.91 Å². The molecule has 0 radical (unpaired) electrons. The van der Waals surface area contributed by atoms with Gasteiger partial charge in [-0.2, -0.15) is 0 Å². The van der Waals surface area contributed by atoms with Crippen LogP contribution in [0.2, 0.25) is 5.02 Å². The number of halogens is 2. The van der Waals surface area contributed by atoms with Gasteiger partial charge in [0.15, 0.2) is 0 Å². The Morgan fingerprint density at radius 3 is 2.50 bits per heavy atom. The Labute approximate surface area is 118 Å². The van der Waals surface area contributed by atoms with E-state index in [0.29, 0.717) is 0 Å². The van der Waals surface area contributed by atoms with Crippen LogP contribution in [0.3, 0.4) is 0 Å². The molecule has 0 aliphatic carbocycles. The number of aliphatic carboxylic acids is 1. The molecule has 8 heteroatoms. The molecule has 108 valence electrons. The van der Waals surface area contributed by atoms with Crippen LogP contribution in [0.15, 0.2) is 18.2 Å². The van der Waals surface area contributed by atoms with Gasteiger partial charge in [0.25, 0.3) is 0 Å². The number of carbonyl (C=O) groups excluding carboxylic acids is 2. The predicted octanol–water partition coefficient (Wildman–Crippen LogP) is 2.38. The molecule has 0 aromatic heterocycles. The van der Waals surface area contributed by atoms with Gasteiger partial charge in [0, 0.05) is 23.6 Å². The summed E-state index contributed by atoms with van der Waals surface area (Å²) in [4.78, 5) is 33.0. The summed E-state index contributed by atoms with van der Waals surface area (Å²) in [6.07, 6.45) is -0.127. The van der Waals surface area contributed by atoms with Gasteiger partial charge in [0.1, 0.15) is 5.82 Å². The Bertz CT molecular complexity index is 516. The Balaban J connectivity index is 2.43. The van der Waals surface area contributed by atoms with E-state index in [2.05, 4.69) is 5.32 Å². The number of carboxylic acid groups (broad SMARTS) is 1. The van der Waals surface area contributed by atoms with Crippen molar-refractivity contribution in [2.24, 2.45) is 0 Å². The zero-order valence-corrected chi connectivity index (χ0v) is 11.0. The maximum Gasteiger partial charge on any atom is 0.325 e. The fraction of sp³-hybridized carbons (Fsp3) is 0.250. The second kappa shape index (κ2) is 7.44. The molecule has 0 aliphatic heterocycles. The quantitative estimate of drug-likeness (QED) is 0.778. The van der Waals surface area contributed by atoms with E-state index in [4.69, 9.17) is 16.7 Å². The highest BCUT2D eigenvalue weighted by Gasteiger charge is 2.09. The van der Waals surface area contributed by atoms with Crippen molar-refractivity contribution < 1.29 is 23.9 Å². The van der Waals surface area contributed by atoms with Crippen LogP contribution >= 0.6 is 11.6 Å². The molecule has 0 unspecified atom stereocenters. The molecule has 0 saturated carbocycles. The van der Waals surface area contributed by atoms with Crippen molar-refractivity contribution >= 4 is 35.2 Å². The summed E-state index contributed by atoms with van der Waals surface area (Å²) in [6.45, 7) is 0. The first-order valence-electron chi connectivity index (χ1n) is 5.65. The lowest BCUT2D eigenvalue weighted by Crippen LogP contribution is -2.34. The summed E-state index contributed by atoms with van der Waals surface area (Å²) in [5.41, 5.74) is 0.103. The van der Waals surface area contributed by atoms with Crippen LogP contribution in [0.5, 0.6) is 0 Å².